The molecule has 1 aliphatic heterocycles. The SMILES string of the molecule is CC(CO)(NCC1CCCO1)c1ccc(Cl)c(Cl)c1. The predicted molar refractivity (Wildman–Crippen MR) is 77.9 cm³/mol. The molecule has 1 heterocycles. The summed E-state index contributed by atoms with van der Waals surface area (Å²) in [7, 11) is 0. The molecule has 2 N–H and O–H groups in total. The minimum Gasteiger partial charge on any atom is -0.394 e. The van der Waals surface area contributed by atoms with Crippen LogP contribution in [0.4, 0.5) is 0 Å². The molecule has 1 fully saturated rings. The van der Waals surface area contributed by atoms with Crippen molar-refractivity contribution in [1.29, 1.82) is 0 Å². The van der Waals surface area contributed by atoms with Crippen molar-refractivity contribution in [3.05, 3.63) is 33.8 Å². The Kier molecular flexibility index (Phi) is 5.09. The van der Waals surface area contributed by atoms with Gasteiger partial charge in [0.05, 0.1) is 28.3 Å². The predicted octanol–water partition coefficient (Wildman–Crippen LogP) is 2.97. The van der Waals surface area contributed by atoms with Crippen molar-refractivity contribution >= 4 is 23.2 Å². The molecule has 0 bridgehead atoms. The van der Waals surface area contributed by atoms with E-state index >= 15 is 0 Å². The van der Waals surface area contributed by atoms with E-state index in [0.29, 0.717) is 10.0 Å². The number of nitrogens with one attached hydrogen (secondary N) is 1. The number of rotatable bonds is 5. The summed E-state index contributed by atoms with van der Waals surface area (Å²) in [5, 5.41) is 14.1. The molecule has 5 heteroatoms. The van der Waals surface area contributed by atoms with Crippen LogP contribution in [0.5, 0.6) is 0 Å². The molecule has 1 aliphatic rings. The first-order chi connectivity index (χ1) is 9.05. The highest BCUT2D eigenvalue weighted by Crippen LogP contribution is 2.28. The Balaban J connectivity index is 2.08. The van der Waals surface area contributed by atoms with Gasteiger partial charge in [-0.2, -0.15) is 0 Å². The monoisotopic (exact) mass is 303 g/mol. The minimum atomic E-state index is -0.541. The Hall–Kier alpha value is -0.320. The van der Waals surface area contributed by atoms with Gasteiger partial charge in [0.2, 0.25) is 0 Å². The fourth-order valence-corrected chi connectivity index (χ4v) is 2.53. The van der Waals surface area contributed by atoms with Crippen LogP contribution in [-0.4, -0.2) is 31.0 Å². The average Bonchev–Trinajstić information content (AvgIpc) is 2.92. The largest absolute Gasteiger partial charge is 0.394 e. The van der Waals surface area contributed by atoms with Crippen LogP contribution in [0, 0.1) is 0 Å². The van der Waals surface area contributed by atoms with E-state index in [2.05, 4.69) is 5.32 Å². The maximum atomic E-state index is 9.69. The first-order valence-electron chi connectivity index (χ1n) is 6.48. The topological polar surface area (TPSA) is 41.5 Å². The van der Waals surface area contributed by atoms with Crippen LogP contribution in [0.25, 0.3) is 0 Å². The van der Waals surface area contributed by atoms with Crippen molar-refractivity contribution in [2.45, 2.75) is 31.4 Å². The maximum absolute atomic E-state index is 9.69. The standard InChI is InChI=1S/C14H19Cl2NO2/c1-14(9-18,17-8-11-3-2-6-19-11)10-4-5-12(15)13(16)7-10/h4-5,7,11,17-18H,2-3,6,8-9H2,1H3. The number of halogens is 2. The first kappa shape index (κ1) is 15.1. The molecule has 1 saturated heterocycles. The molecule has 0 amide bonds. The van der Waals surface area contributed by atoms with Gasteiger partial charge in [0.25, 0.3) is 0 Å². The lowest BCUT2D eigenvalue weighted by atomic mass is 9.92. The quantitative estimate of drug-likeness (QED) is 0.879. The fourth-order valence-electron chi connectivity index (χ4n) is 2.23. The van der Waals surface area contributed by atoms with Gasteiger partial charge in [0.15, 0.2) is 0 Å². The molecule has 2 rings (SSSR count). The Bertz CT molecular complexity index is 435. The summed E-state index contributed by atoms with van der Waals surface area (Å²) in [6.45, 7) is 3.48. The summed E-state index contributed by atoms with van der Waals surface area (Å²) in [6.07, 6.45) is 2.40. The smallest absolute Gasteiger partial charge is 0.0700 e. The van der Waals surface area contributed by atoms with E-state index in [0.717, 1.165) is 31.6 Å². The van der Waals surface area contributed by atoms with Crippen LogP contribution in [0.1, 0.15) is 25.3 Å². The summed E-state index contributed by atoms with van der Waals surface area (Å²) in [6, 6.07) is 5.43. The molecule has 2 atom stereocenters. The van der Waals surface area contributed by atoms with E-state index in [4.69, 9.17) is 27.9 Å². The van der Waals surface area contributed by atoms with Crippen LogP contribution in [0.15, 0.2) is 18.2 Å². The molecule has 1 aromatic carbocycles. The van der Waals surface area contributed by atoms with Gasteiger partial charge in [-0.15, -0.1) is 0 Å². The zero-order valence-corrected chi connectivity index (χ0v) is 12.5. The summed E-state index contributed by atoms with van der Waals surface area (Å²) >= 11 is 12.0. The van der Waals surface area contributed by atoms with Gasteiger partial charge >= 0.3 is 0 Å². The molecule has 19 heavy (non-hydrogen) atoms. The third-order valence-electron chi connectivity index (χ3n) is 3.62. The summed E-state index contributed by atoms with van der Waals surface area (Å²) in [5.41, 5.74) is 0.377. The van der Waals surface area contributed by atoms with Crippen molar-refractivity contribution in [3.8, 4) is 0 Å². The number of hydrogen-bond acceptors (Lipinski definition) is 3. The van der Waals surface area contributed by atoms with Crippen LogP contribution >= 0.6 is 23.2 Å². The number of aliphatic hydroxyl groups is 1. The molecule has 0 saturated carbocycles. The van der Waals surface area contributed by atoms with Gasteiger partial charge in [0.1, 0.15) is 0 Å². The van der Waals surface area contributed by atoms with Crippen molar-refractivity contribution < 1.29 is 9.84 Å². The van der Waals surface area contributed by atoms with E-state index in [-0.39, 0.29) is 12.7 Å². The molecule has 3 nitrogen and oxygen atoms in total. The van der Waals surface area contributed by atoms with Gasteiger partial charge in [-0.3, -0.25) is 0 Å². The van der Waals surface area contributed by atoms with E-state index in [1.165, 1.54) is 0 Å². The van der Waals surface area contributed by atoms with E-state index in [1.54, 1.807) is 12.1 Å². The lowest BCUT2D eigenvalue weighted by Crippen LogP contribution is -2.46. The highest BCUT2D eigenvalue weighted by atomic mass is 35.5. The third kappa shape index (κ3) is 3.61. The molecule has 1 aromatic rings. The maximum Gasteiger partial charge on any atom is 0.0700 e. The zero-order chi connectivity index (χ0) is 13.9. The molecule has 0 aromatic heterocycles. The molecule has 0 aliphatic carbocycles. The van der Waals surface area contributed by atoms with Crippen LogP contribution < -0.4 is 5.32 Å². The van der Waals surface area contributed by atoms with E-state index in [1.807, 2.05) is 13.0 Å². The third-order valence-corrected chi connectivity index (χ3v) is 4.36. The summed E-state index contributed by atoms with van der Waals surface area (Å²) in [4.78, 5) is 0. The number of hydrogen-bond donors (Lipinski definition) is 2. The van der Waals surface area contributed by atoms with Crippen molar-refractivity contribution in [1.82, 2.24) is 5.32 Å². The Morgan fingerprint density at radius 2 is 2.21 bits per heavy atom. The van der Waals surface area contributed by atoms with E-state index in [9.17, 15) is 5.11 Å². The first-order valence-corrected chi connectivity index (χ1v) is 7.24. The summed E-state index contributed by atoms with van der Waals surface area (Å²) in [5.74, 6) is 0. The molecule has 2 unspecified atom stereocenters. The van der Waals surface area contributed by atoms with Gasteiger partial charge < -0.3 is 15.2 Å². The highest BCUT2D eigenvalue weighted by molar-refractivity contribution is 6.42. The van der Waals surface area contributed by atoms with Gasteiger partial charge in [-0.1, -0.05) is 29.3 Å². The summed E-state index contributed by atoms with van der Waals surface area (Å²) < 4.78 is 5.58. The second-order valence-electron chi connectivity index (χ2n) is 5.14. The van der Waals surface area contributed by atoms with E-state index < -0.39 is 5.54 Å². The van der Waals surface area contributed by atoms with Crippen molar-refractivity contribution in [2.24, 2.45) is 0 Å². The van der Waals surface area contributed by atoms with Crippen LogP contribution in [-0.2, 0) is 10.3 Å². The van der Waals surface area contributed by atoms with Gasteiger partial charge in [-0.25, -0.2) is 0 Å². The number of benzene rings is 1. The fraction of sp³-hybridized carbons (Fsp3) is 0.571. The Labute approximate surface area is 123 Å². The lowest BCUT2D eigenvalue weighted by Gasteiger charge is -2.31. The van der Waals surface area contributed by atoms with Crippen LogP contribution in [0.3, 0.4) is 0 Å². The van der Waals surface area contributed by atoms with Crippen molar-refractivity contribution in [2.75, 3.05) is 19.8 Å². The molecule has 106 valence electrons. The lowest BCUT2D eigenvalue weighted by molar-refractivity contribution is 0.0910. The average molecular weight is 304 g/mol. The van der Waals surface area contributed by atoms with Gasteiger partial charge in [0, 0.05) is 13.2 Å². The van der Waals surface area contributed by atoms with Crippen molar-refractivity contribution in [3.63, 3.8) is 0 Å². The Morgan fingerprint density at radius 3 is 2.79 bits per heavy atom. The number of ether oxygens (including phenoxy) is 1. The normalized spacial score (nSPS) is 22.4. The zero-order valence-electron chi connectivity index (χ0n) is 11.0. The minimum absolute atomic E-state index is 0.0162. The molecule has 0 spiro atoms. The second kappa shape index (κ2) is 6.42. The van der Waals surface area contributed by atoms with Gasteiger partial charge in [-0.05, 0) is 37.5 Å². The Morgan fingerprint density at radius 1 is 1.42 bits per heavy atom. The van der Waals surface area contributed by atoms with Crippen LogP contribution in [0.2, 0.25) is 10.0 Å². The molecular formula is C14H19Cl2NO2. The number of aliphatic hydroxyl groups excluding tert-OH is 1. The second-order valence-corrected chi connectivity index (χ2v) is 5.95. The highest BCUT2D eigenvalue weighted by Gasteiger charge is 2.28. The molecule has 0 radical (unpaired) electrons. The molecular weight excluding hydrogens is 285 g/mol.